The van der Waals surface area contributed by atoms with Gasteiger partial charge < -0.3 is 4.74 Å². The van der Waals surface area contributed by atoms with E-state index in [9.17, 15) is 4.79 Å². The summed E-state index contributed by atoms with van der Waals surface area (Å²) in [5, 5.41) is 14.5. The molecule has 0 radical (unpaired) electrons. The fraction of sp³-hybridized carbons (Fsp3) is 0.182. The Labute approximate surface area is 88.3 Å². The number of methoxy groups -OCH3 is 1. The number of nitrogens with zero attached hydrogens (tertiary/aromatic N) is 2. The second kappa shape index (κ2) is 7.11. The van der Waals surface area contributed by atoms with Gasteiger partial charge in [0.25, 0.3) is 0 Å². The molecule has 76 valence electrons. The van der Waals surface area contributed by atoms with Gasteiger partial charge in [-0.25, -0.2) is 4.79 Å². The van der Waals surface area contributed by atoms with Crippen molar-refractivity contribution in [3.63, 3.8) is 0 Å². The van der Waals surface area contributed by atoms with Gasteiger partial charge in [0.2, 0.25) is 0 Å². The van der Waals surface area contributed by atoms with Crippen LogP contribution in [0.4, 0.5) is 0 Å². The van der Waals surface area contributed by atoms with Crippen LogP contribution in [0.2, 0.25) is 0 Å². The minimum atomic E-state index is -0.275. The number of hydrogen-bond acceptors (Lipinski definition) is 4. The van der Waals surface area contributed by atoms with Crippen LogP contribution in [0.15, 0.2) is 24.3 Å². The van der Waals surface area contributed by atoms with Crippen LogP contribution < -0.4 is 0 Å². The van der Waals surface area contributed by atoms with E-state index in [1.807, 2.05) is 25.1 Å². The number of ether oxygens (including phenoxy) is 1. The second-order valence-electron chi connectivity index (χ2n) is 2.53. The third kappa shape index (κ3) is 4.44. The average Bonchev–Trinajstić information content (AvgIpc) is 2.29. The summed E-state index contributed by atoms with van der Waals surface area (Å²) in [5.41, 5.74) is 1.58. The molecule has 0 unspecified atom stereocenters. The van der Waals surface area contributed by atoms with E-state index in [4.69, 9.17) is 10.5 Å². The molecule has 0 fully saturated rings. The Balaban J connectivity index is 0.000000423. The zero-order valence-corrected chi connectivity index (χ0v) is 8.52. The molecular weight excluding hydrogens is 192 g/mol. The minimum Gasteiger partial charge on any atom is -0.465 e. The highest BCUT2D eigenvalue weighted by atomic mass is 16.5. The van der Waals surface area contributed by atoms with Crippen molar-refractivity contribution in [3.8, 4) is 12.1 Å². The predicted octanol–water partition coefficient (Wildman–Crippen LogP) is 1.82. The van der Waals surface area contributed by atoms with Gasteiger partial charge in [-0.3, -0.25) is 0 Å². The van der Waals surface area contributed by atoms with Crippen LogP contribution in [0.25, 0.3) is 0 Å². The largest absolute Gasteiger partial charge is 0.465 e. The molecule has 0 amide bonds. The third-order valence-electron chi connectivity index (χ3n) is 1.60. The number of rotatable bonds is 1. The van der Waals surface area contributed by atoms with Gasteiger partial charge in [0, 0.05) is 0 Å². The number of esters is 1. The molecule has 0 atom stereocenters. The molecule has 0 aliphatic rings. The first-order valence-electron chi connectivity index (χ1n) is 4.09. The van der Waals surface area contributed by atoms with Crippen molar-refractivity contribution in [1.82, 2.24) is 0 Å². The van der Waals surface area contributed by atoms with Gasteiger partial charge in [0.15, 0.2) is 12.1 Å². The Bertz CT molecular complexity index is 401. The molecule has 0 bridgehead atoms. The van der Waals surface area contributed by atoms with E-state index < -0.39 is 0 Å². The zero-order chi connectivity index (χ0) is 11.7. The number of aryl methyl sites for hydroxylation is 1. The zero-order valence-electron chi connectivity index (χ0n) is 8.52. The summed E-state index contributed by atoms with van der Waals surface area (Å²) in [6.45, 7) is 1.88. The first-order valence-corrected chi connectivity index (χ1v) is 4.09. The van der Waals surface area contributed by atoms with Gasteiger partial charge >= 0.3 is 5.97 Å². The maximum absolute atomic E-state index is 11.0. The van der Waals surface area contributed by atoms with Gasteiger partial charge in [0.05, 0.1) is 12.7 Å². The maximum Gasteiger partial charge on any atom is 0.338 e. The summed E-state index contributed by atoms with van der Waals surface area (Å²) in [6.07, 6.45) is 0. The van der Waals surface area contributed by atoms with E-state index in [1.165, 1.54) is 19.2 Å². The maximum atomic E-state index is 11.0. The summed E-state index contributed by atoms with van der Waals surface area (Å²) in [6, 6.07) is 9.81. The third-order valence-corrected chi connectivity index (χ3v) is 1.60. The van der Waals surface area contributed by atoms with Gasteiger partial charge in [-0.1, -0.05) is 18.2 Å². The monoisotopic (exact) mass is 202 g/mol. The highest BCUT2D eigenvalue weighted by molar-refractivity contribution is 5.90. The summed E-state index contributed by atoms with van der Waals surface area (Å²) in [4.78, 5) is 11.0. The summed E-state index contributed by atoms with van der Waals surface area (Å²) in [7, 11) is 1.38. The van der Waals surface area contributed by atoms with Crippen molar-refractivity contribution < 1.29 is 9.53 Å². The molecule has 4 nitrogen and oxygen atoms in total. The SMILES string of the molecule is COC(=O)c1ccccc1C.N#CC#N. The van der Waals surface area contributed by atoms with Crippen molar-refractivity contribution >= 4 is 5.97 Å². The van der Waals surface area contributed by atoms with Gasteiger partial charge in [-0.05, 0) is 18.6 Å². The molecule has 0 aliphatic carbocycles. The summed E-state index contributed by atoms with van der Waals surface area (Å²) < 4.78 is 4.58. The summed E-state index contributed by atoms with van der Waals surface area (Å²) in [5.74, 6) is -0.275. The van der Waals surface area contributed by atoms with E-state index in [0.29, 0.717) is 5.56 Å². The number of benzene rings is 1. The fourth-order valence-corrected chi connectivity index (χ4v) is 0.912. The molecule has 1 aromatic rings. The number of hydrogen-bond donors (Lipinski definition) is 0. The van der Waals surface area contributed by atoms with Crippen molar-refractivity contribution in [2.75, 3.05) is 7.11 Å². The van der Waals surface area contributed by atoms with E-state index in [0.717, 1.165) is 5.56 Å². The van der Waals surface area contributed by atoms with Crippen LogP contribution in [-0.4, -0.2) is 13.1 Å². The molecule has 1 rings (SSSR count). The molecule has 15 heavy (non-hydrogen) atoms. The first-order chi connectivity index (χ1) is 7.17. The highest BCUT2D eigenvalue weighted by Gasteiger charge is 2.05. The van der Waals surface area contributed by atoms with E-state index in [1.54, 1.807) is 6.07 Å². The summed E-state index contributed by atoms with van der Waals surface area (Å²) >= 11 is 0. The van der Waals surface area contributed by atoms with Crippen molar-refractivity contribution in [2.24, 2.45) is 0 Å². The van der Waals surface area contributed by atoms with Crippen LogP contribution in [-0.2, 0) is 4.74 Å². The topological polar surface area (TPSA) is 73.9 Å². The lowest BCUT2D eigenvalue weighted by molar-refractivity contribution is 0.0600. The molecule has 0 spiro atoms. The smallest absolute Gasteiger partial charge is 0.338 e. The molecule has 0 N–H and O–H groups in total. The standard InChI is InChI=1S/C9H10O2.C2N2/c1-7-5-3-4-6-8(7)9(10)11-2;3-1-2-4/h3-6H,1-2H3;. The lowest BCUT2D eigenvalue weighted by Gasteiger charge is -2.00. The normalized spacial score (nSPS) is 7.47. The van der Waals surface area contributed by atoms with Gasteiger partial charge in [-0.15, -0.1) is 0 Å². The lowest BCUT2D eigenvalue weighted by atomic mass is 10.1. The quantitative estimate of drug-likeness (QED) is 0.651. The minimum absolute atomic E-state index is 0.275. The number of carbonyl (C=O) groups excluding carboxylic acids is 1. The van der Waals surface area contributed by atoms with Crippen LogP contribution >= 0.6 is 0 Å². The highest BCUT2D eigenvalue weighted by Crippen LogP contribution is 2.07. The van der Waals surface area contributed by atoms with Crippen LogP contribution in [0.3, 0.4) is 0 Å². The average molecular weight is 202 g/mol. The Hall–Kier alpha value is -2.33. The van der Waals surface area contributed by atoms with Gasteiger partial charge in [0.1, 0.15) is 0 Å². The van der Waals surface area contributed by atoms with E-state index >= 15 is 0 Å². The van der Waals surface area contributed by atoms with Crippen LogP contribution in [0.1, 0.15) is 15.9 Å². The molecule has 0 aliphatic heterocycles. The molecule has 0 saturated heterocycles. The van der Waals surface area contributed by atoms with E-state index in [-0.39, 0.29) is 5.97 Å². The Morgan fingerprint density at radius 3 is 2.20 bits per heavy atom. The number of nitriles is 2. The molecule has 0 saturated carbocycles. The number of carbonyl (C=O) groups is 1. The second-order valence-corrected chi connectivity index (χ2v) is 2.53. The molecule has 0 aromatic heterocycles. The fourth-order valence-electron chi connectivity index (χ4n) is 0.912. The van der Waals surface area contributed by atoms with Crippen molar-refractivity contribution in [2.45, 2.75) is 6.92 Å². The predicted molar refractivity (Wildman–Crippen MR) is 53.7 cm³/mol. The van der Waals surface area contributed by atoms with Crippen LogP contribution in [0, 0.1) is 29.6 Å². The van der Waals surface area contributed by atoms with Crippen LogP contribution in [0.5, 0.6) is 0 Å². The molecular formula is C11H10N2O2. The molecule has 4 heteroatoms. The molecule has 1 aromatic carbocycles. The van der Waals surface area contributed by atoms with Crippen molar-refractivity contribution in [1.29, 1.82) is 10.5 Å². The van der Waals surface area contributed by atoms with E-state index in [2.05, 4.69) is 4.74 Å². The Morgan fingerprint density at radius 2 is 1.80 bits per heavy atom. The molecule has 0 heterocycles. The van der Waals surface area contributed by atoms with Gasteiger partial charge in [-0.2, -0.15) is 10.5 Å². The Kier molecular flexibility index (Phi) is 6.01. The first kappa shape index (κ1) is 12.7. The lowest BCUT2D eigenvalue weighted by Crippen LogP contribution is -2.02. The Morgan fingerprint density at radius 1 is 1.27 bits per heavy atom. The van der Waals surface area contributed by atoms with Crippen molar-refractivity contribution in [3.05, 3.63) is 35.4 Å².